The standard InChI is InChI=1S/C17H21NO3/c1-5-13-9-12(6-7-15(13)20-4)10-14-17(19)21-16(18-14)8-11(2)3/h6-7,9-11H,5,8H2,1-4H3/b14-10+. The second-order valence-electron chi connectivity index (χ2n) is 5.45. The lowest BCUT2D eigenvalue weighted by Gasteiger charge is -2.07. The van der Waals surface area contributed by atoms with Crippen LogP contribution < -0.4 is 4.74 Å². The molecule has 0 fully saturated rings. The third-order valence-electron chi connectivity index (χ3n) is 3.24. The Balaban J connectivity index is 2.27. The monoisotopic (exact) mass is 287 g/mol. The summed E-state index contributed by atoms with van der Waals surface area (Å²) >= 11 is 0. The van der Waals surface area contributed by atoms with Crippen LogP contribution in [0.2, 0.25) is 0 Å². The first-order valence-corrected chi connectivity index (χ1v) is 7.21. The summed E-state index contributed by atoms with van der Waals surface area (Å²) in [6.07, 6.45) is 3.30. The molecule has 1 aromatic carbocycles. The average molecular weight is 287 g/mol. The maximum atomic E-state index is 11.8. The number of methoxy groups -OCH3 is 1. The van der Waals surface area contributed by atoms with Crippen molar-refractivity contribution < 1.29 is 14.3 Å². The highest BCUT2D eigenvalue weighted by Gasteiger charge is 2.23. The topological polar surface area (TPSA) is 47.9 Å². The van der Waals surface area contributed by atoms with Crippen molar-refractivity contribution in [2.75, 3.05) is 7.11 Å². The van der Waals surface area contributed by atoms with Gasteiger partial charge >= 0.3 is 5.97 Å². The maximum absolute atomic E-state index is 11.8. The summed E-state index contributed by atoms with van der Waals surface area (Å²) in [5.74, 6) is 1.39. The Labute approximate surface area is 125 Å². The SMILES string of the molecule is CCc1cc(/C=C2/N=C(CC(C)C)OC2=O)ccc1OC. The third kappa shape index (κ3) is 3.72. The molecule has 0 bridgehead atoms. The molecule has 0 radical (unpaired) electrons. The minimum absolute atomic E-state index is 0.359. The van der Waals surface area contributed by atoms with E-state index in [1.54, 1.807) is 13.2 Å². The van der Waals surface area contributed by atoms with Gasteiger partial charge in [-0.05, 0) is 41.7 Å². The molecule has 1 aliphatic rings. The molecular weight excluding hydrogens is 266 g/mol. The number of benzene rings is 1. The normalized spacial score (nSPS) is 16.3. The van der Waals surface area contributed by atoms with E-state index in [2.05, 4.69) is 25.8 Å². The van der Waals surface area contributed by atoms with Crippen LogP contribution >= 0.6 is 0 Å². The van der Waals surface area contributed by atoms with Gasteiger partial charge in [-0.15, -0.1) is 0 Å². The highest BCUT2D eigenvalue weighted by Crippen LogP contribution is 2.24. The van der Waals surface area contributed by atoms with Gasteiger partial charge in [0.2, 0.25) is 0 Å². The van der Waals surface area contributed by atoms with Gasteiger partial charge in [-0.3, -0.25) is 0 Å². The Bertz CT molecular complexity index is 600. The summed E-state index contributed by atoms with van der Waals surface area (Å²) in [5.41, 5.74) is 2.39. The number of ether oxygens (including phenoxy) is 2. The Hall–Kier alpha value is -2.10. The van der Waals surface area contributed by atoms with Gasteiger partial charge in [0.25, 0.3) is 0 Å². The largest absolute Gasteiger partial charge is 0.496 e. The molecule has 0 saturated carbocycles. The van der Waals surface area contributed by atoms with Gasteiger partial charge in [-0.2, -0.15) is 0 Å². The van der Waals surface area contributed by atoms with Gasteiger partial charge in [-0.1, -0.05) is 26.8 Å². The maximum Gasteiger partial charge on any atom is 0.363 e. The van der Waals surface area contributed by atoms with Gasteiger partial charge in [0.1, 0.15) is 5.75 Å². The van der Waals surface area contributed by atoms with Crippen molar-refractivity contribution in [1.82, 2.24) is 0 Å². The molecule has 1 heterocycles. The van der Waals surface area contributed by atoms with Crippen LogP contribution in [0.3, 0.4) is 0 Å². The van der Waals surface area contributed by atoms with E-state index in [9.17, 15) is 4.79 Å². The second-order valence-corrected chi connectivity index (χ2v) is 5.45. The highest BCUT2D eigenvalue weighted by atomic mass is 16.6. The molecule has 0 amide bonds. The molecule has 0 unspecified atom stereocenters. The third-order valence-corrected chi connectivity index (χ3v) is 3.24. The Morgan fingerprint density at radius 1 is 1.38 bits per heavy atom. The summed E-state index contributed by atoms with van der Waals surface area (Å²) in [6.45, 7) is 6.20. The molecule has 0 aliphatic carbocycles. The van der Waals surface area contributed by atoms with Crippen LogP contribution in [0.4, 0.5) is 0 Å². The van der Waals surface area contributed by atoms with Crippen molar-refractivity contribution in [3.8, 4) is 5.75 Å². The summed E-state index contributed by atoms with van der Waals surface area (Å²) < 4.78 is 10.5. The van der Waals surface area contributed by atoms with Crippen molar-refractivity contribution in [3.63, 3.8) is 0 Å². The number of carbonyl (C=O) groups excluding carboxylic acids is 1. The zero-order valence-electron chi connectivity index (χ0n) is 13.0. The van der Waals surface area contributed by atoms with Crippen LogP contribution in [0.5, 0.6) is 5.75 Å². The van der Waals surface area contributed by atoms with E-state index in [1.807, 2.05) is 18.2 Å². The Morgan fingerprint density at radius 2 is 2.14 bits per heavy atom. The first-order chi connectivity index (χ1) is 10.0. The lowest BCUT2D eigenvalue weighted by atomic mass is 10.1. The molecule has 4 heteroatoms. The van der Waals surface area contributed by atoms with E-state index in [4.69, 9.17) is 9.47 Å². The first-order valence-electron chi connectivity index (χ1n) is 7.21. The number of nitrogens with zero attached hydrogens (tertiary/aromatic N) is 1. The quantitative estimate of drug-likeness (QED) is 0.614. The van der Waals surface area contributed by atoms with Crippen LogP contribution in [0.25, 0.3) is 6.08 Å². The zero-order valence-corrected chi connectivity index (χ0v) is 13.0. The number of hydrogen-bond donors (Lipinski definition) is 0. The van der Waals surface area contributed by atoms with Gasteiger partial charge in [0.05, 0.1) is 7.11 Å². The molecule has 0 aromatic heterocycles. The minimum Gasteiger partial charge on any atom is -0.496 e. The summed E-state index contributed by atoms with van der Waals surface area (Å²) in [6, 6.07) is 5.83. The van der Waals surface area contributed by atoms with Crippen molar-refractivity contribution in [1.29, 1.82) is 0 Å². The van der Waals surface area contributed by atoms with Crippen molar-refractivity contribution in [2.45, 2.75) is 33.6 Å². The molecule has 1 aromatic rings. The number of rotatable bonds is 5. The van der Waals surface area contributed by atoms with Crippen LogP contribution in [0.1, 0.15) is 38.3 Å². The minimum atomic E-state index is -0.375. The van der Waals surface area contributed by atoms with Crippen molar-refractivity contribution >= 4 is 17.9 Å². The number of esters is 1. The summed E-state index contributed by atoms with van der Waals surface area (Å²) in [7, 11) is 1.66. The summed E-state index contributed by atoms with van der Waals surface area (Å²) in [4.78, 5) is 16.1. The second kappa shape index (κ2) is 6.57. The van der Waals surface area contributed by atoms with Crippen LogP contribution in [-0.2, 0) is 16.0 Å². The van der Waals surface area contributed by atoms with Crippen molar-refractivity contribution in [3.05, 3.63) is 35.0 Å². The van der Waals surface area contributed by atoms with E-state index in [-0.39, 0.29) is 5.97 Å². The molecule has 0 saturated heterocycles. The highest BCUT2D eigenvalue weighted by molar-refractivity contribution is 6.07. The zero-order chi connectivity index (χ0) is 15.4. The van der Waals surface area contributed by atoms with Gasteiger partial charge in [-0.25, -0.2) is 9.79 Å². The molecule has 4 nitrogen and oxygen atoms in total. The fourth-order valence-corrected chi connectivity index (χ4v) is 2.21. The predicted octanol–water partition coefficient (Wildman–Crippen LogP) is 3.60. The van der Waals surface area contributed by atoms with Gasteiger partial charge in [0.15, 0.2) is 11.6 Å². The van der Waals surface area contributed by atoms with E-state index >= 15 is 0 Å². The molecule has 1 aliphatic heterocycles. The molecule has 2 rings (SSSR count). The Kier molecular flexibility index (Phi) is 4.78. The fourth-order valence-electron chi connectivity index (χ4n) is 2.21. The number of cyclic esters (lactones) is 1. The number of aryl methyl sites for hydroxylation is 1. The van der Waals surface area contributed by atoms with E-state index in [0.717, 1.165) is 23.3 Å². The molecule has 112 valence electrons. The predicted molar refractivity (Wildman–Crippen MR) is 83.3 cm³/mol. The van der Waals surface area contributed by atoms with Crippen LogP contribution in [0.15, 0.2) is 28.9 Å². The van der Waals surface area contributed by atoms with E-state index in [1.165, 1.54) is 0 Å². The molecule has 21 heavy (non-hydrogen) atoms. The molecular formula is C17H21NO3. The smallest absolute Gasteiger partial charge is 0.363 e. The average Bonchev–Trinajstić information content (AvgIpc) is 2.77. The fraction of sp³-hybridized carbons (Fsp3) is 0.412. The number of aliphatic imine (C=N–C) groups is 1. The molecule has 0 N–H and O–H groups in total. The summed E-state index contributed by atoms with van der Waals surface area (Å²) in [5, 5.41) is 0. The van der Waals surface area contributed by atoms with E-state index in [0.29, 0.717) is 23.9 Å². The van der Waals surface area contributed by atoms with Gasteiger partial charge < -0.3 is 9.47 Å². The number of hydrogen-bond acceptors (Lipinski definition) is 4. The van der Waals surface area contributed by atoms with Crippen LogP contribution in [-0.4, -0.2) is 19.0 Å². The van der Waals surface area contributed by atoms with Gasteiger partial charge in [0, 0.05) is 6.42 Å². The lowest BCUT2D eigenvalue weighted by molar-refractivity contribution is -0.130. The number of carbonyl (C=O) groups is 1. The first kappa shape index (κ1) is 15.3. The molecule has 0 spiro atoms. The Morgan fingerprint density at radius 3 is 2.76 bits per heavy atom. The van der Waals surface area contributed by atoms with Crippen molar-refractivity contribution in [2.24, 2.45) is 10.9 Å². The van der Waals surface area contributed by atoms with E-state index < -0.39 is 0 Å². The lowest BCUT2D eigenvalue weighted by Crippen LogP contribution is -2.06. The van der Waals surface area contributed by atoms with Crippen LogP contribution in [0, 0.1) is 5.92 Å². The molecule has 0 atom stereocenters.